The van der Waals surface area contributed by atoms with Crippen LogP contribution in [0.4, 0.5) is 5.69 Å². The molecule has 1 saturated heterocycles. The highest BCUT2D eigenvalue weighted by atomic mass is 35.5. The number of anilines is 1. The first-order chi connectivity index (χ1) is 13.9. The minimum atomic E-state index is -0.218. The first-order valence-electron chi connectivity index (χ1n) is 10.0. The van der Waals surface area contributed by atoms with E-state index in [2.05, 4.69) is 82.5 Å². The number of hydrogen-bond acceptors (Lipinski definition) is 5. The van der Waals surface area contributed by atoms with Gasteiger partial charge in [-0.25, -0.2) is 4.68 Å². The first-order valence-corrected chi connectivity index (χ1v) is 10.4. The van der Waals surface area contributed by atoms with Gasteiger partial charge in [0, 0.05) is 36.9 Å². The van der Waals surface area contributed by atoms with E-state index in [0.29, 0.717) is 0 Å². The summed E-state index contributed by atoms with van der Waals surface area (Å²) in [7, 11) is 0. The second kappa shape index (κ2) is 8.13. The molecule has 0 radical (unpaired) electrons. The smallest absolute Gasteiger partial charge is 0.173 e. The van der Waals surface area contributed by atoms with Crippen molar-refractivity contribution in [3.8, 4) is 0 Å². The van der Waals surface area contributed by atoms with E-state index in [1.807, 2.05) is 22.9 Å². The van der Waals surface area contributed by atoms with Gasteiger partial charge in [-0.2, -0.15) is 0 Å². The Labute approximate surface area is 177 Å². The molecule has 0 N–H and O–H groups in total. The quantitative estimate of drug-likeness (QED) is 0.650. The molecule has 0 amide bonds. The van der Waals surface area contributed by atoms with Crippen LogP contribution in [-0.2, 0) is 5.54 Å². The van der Waals surface area contributed by atoms with Crippen LogP contribution < -0.4 is 4.90 Å². The lowest BCUT2D eigenvalue weighted by Gasteiger charge is -2.40. The molecule has 1 aromatic heterocycles. The molecular formula is C22H27ClN6. The molecule has 0 unspecified atom stereocenters. The van der Waals surface area contributed by atoms with Gasteiger partial charge in [0.15, 0.2) is 5.82 Å². The van der Waals surface area contributed by atoms with E-state index in [-0.39, 0.29) is 11.6 Å². The molecule has 3 aromatic rings. The van der Waals surface area contributed by atoms with Crippen molar-refractivity contribution >= 4 is 17.3 Å². The van der Waals surface area contributed by atoms with E-state index < -0.39 is 0 Å². The summed E-state index contributed by atoms with van der Waals surface area (Å²) in [5, 5.41) is 13.5. The number of para-hydroxylation sites is 1. The zero-order valence-corrected chi connectivity index (χ0v) is 17.9. The Morgan fingerprint density at radius 1 is 0.897 bits per heavy atom. The SMILES string of the molecule is CC(C)(C)n1nnnc1[C@@H](c1ccccc1Cl)N1CCN(c2ccccc2)CC1. The minimum Gasteiger partial charge on any atom is -0.369 e. The molecule has 1 fully saturated rings. The van der Waals surface area contributed by atoms with E-state index in [4.69, 9.17) is 11.6 Å². The van der Waals surface area contributed by atoms with Gasteiger partial charge >= 0.3 is 0 Å². The van der Waals surface area contributed by atoms with Gasteiger partial charge < -0.3 is 4.90 Å². The minimum absolute atomic E-state index is 0.0872. The predicted molar refractivity (Wildman–Crippen MR) is 116 cm³/mol. The summed E-state index contributed by atoms with van der Waals surface area (Å²) in [6, 6.07) is 18.5. The Morgan fingerprint density at radius 3 is 2.21 bits per heavy atom. The van der Waals surface area contributed by atoms with Crippen LogP contribution in [-0.4, -0.2) is 51.3 Å². The largest absolute Gasteiger partial charge is 0.369 e. The summed E-state index contributed by atoms with van der Waals surface area (Å²) in [5.41, 5.74) is 2.09. The van der Waals surface area contributed by atoms with Gasteiger partial charge in [-0.05, 0) is 55.0 Å². The van der Waals surface area contributed by atoms with Crippen molar-refractivity contribution in [2.24, 2.45) is 0 Å². The maximum absolute atomic E-state index is 6.63. The fraction of sp³-hybridized carbons (Fsp3) is 0.409. The Kier molecular flexibility index (Phi) is 5.56. The molecule has 152 valence electrons. The molecule has 0 bridgehead atoms. The zero-order chi connectivity index (χ0) is 20.4. The molecule has 2 heterocycles. The lowest BCUT2D eigenvalue weighted by molar-refractivity contribution is 0.191. The molecule has 7 heteroatoms. The van der Waals surface area contributed by atoms with E-state index in [0.717, 1.165) is 42.6 Å². The number of nitrogens with zero attached hydrogens (tertiary/aromatic N) is 6. The monoisotopic (exact) mass is 410 g/mol. The molecule has 1 atom stereocenters. The number of halogens is 1. The lowest BCUT2D eigenvalue weighted by atomic mass is 10.0. The van der Waals surface area contributed by atoms with E-state index >= 15 is 0 Å². The van der Waals surface area contributed by atoms with Crippen LogP contribution >= 0.6 is 11.6 Å². The van der Waals surface area contributed by atoms with Crippen molar-refractivity contribution in [2.45, 2.75) is 32.4 Å². The normalized spacial score (nSPS) is 16.8. The number of aromatic nitrogens is 4. The van der Waals surface area contributed by atoms with Crippen molar-refractivity contribution in [1.82, 2.24) is 25.1 Å². The van der Waals surface area contributed by atoms with Crippen LogP contribution in [0, 0.1) is 0 Å². The average molecular weight is 411 g/mol. The summed E-state index contributed by atoms with van der Waals surface area (Å²) in [5.74, 6) is 0.832. The third-order valence-corrected chi connectivity index (χ3v) is 5.72. The van der Waals surface area contributed by atoms with Crippen LogP contribution in [0.3, 0.4) is 0 Å². The highest BCUT2D eigenvalue weighted by molar-refractivity contribution is 6.31. The average Bonchev–Trinajstić information content (AvgIpc) is 3.21. The molecule has 0 spiro atoms. The summed E-state index contributed by atoms with van der Waals surface area (Å²) < 4.78 is 1.92. The van der Waals surface area contributed by atoms with Gasteiger partial charge in [0.2, 0.25) is 0 Å². The van der Waals surface area contributed by atoms with Crippen LogP contribution in [0.25, 0.3) is 0 Å². The van der Waals surface area contributed by atoms with Crippen molar-refractivity contribution < 1.29 is 0 Å². The molecular weight excluding hydrogens is 384 g/mol. The van der Waals surface area contributed by atoms with E-state index in [1.165, 1.54) is 5.69 Å². The Hall–Kier alpha value is -2.44. The fourth-order valence-corrected chi connectivity index (χ4v) is 4.15. The molecule has 0 saturated carbocycles. The maximum Gasteiger partial charge on any atom is 0.173 e. The number of hydrogen-bond donors (Lipinski definition) is 0. The molecule has 2 aromatic carbocycles. The van der Waals surface area contributed by atoms with Gasteiger partial charge in [-0.1, -0.05) is 48.0 Å². The van der Waals surface area contributed by atoms with Gasteiger partial charge in [0.05, 0.1) is 11.6 Å². The summed E-state index contributed by atoms with van der Waals surface area (Å²) in [6.07, 6.45) is 0. The van der Waals surface area contributed by atoms with Crippen LogP contribution in [0.5, 0.6) is 0 Å². The second-order valence-electron chi connectivity index (χ2n) is 8.40. The van der Waals surface area contributed by atoms with Crippen molar-refractivity contribution in [3.05, 3.63) is 71.0 Å². The Morgan fingerprint density at radius 2 is 1.55 bits per heavy atom. The van der Waals surface area contributed by atoms with Crippen molar-refractivity contribution in [3.63, 3.8) is 0 Å². The number of piperazine rings is 1. The lowest BCUT2D eigenvalue weighted by Crippen LogP contribution is -2.48. The molecule has 1 aliphatic rings. The molecule has 4 rings (SSSR count). The van der Waals surface area contributed by atoms with Crippen LogP contribution in [0.1, 0.15) is 38.2 Å². The highest BCUT2D eigenvalue weighted by Gasteiger charge is 2.34. The van der Waals surface area contributed by atoms with Gasteiger partial charge in [0.25, 0.3) is 0 Å². The van der Waals surface area contributed by atoms with E-state index in [9.17, 15) is 0 Å². The van der Waals surface area contributed by atoms with Gasteiger partial charge in [0.1, 0.15) is 0 Å². The van der Waals surface area contributed by atoms with Crippen LogP contribution in [0.15, 0.2) is 54.6 Å². The predicted octanol–water partition coefficient (Wildman–Crippen LogP) is 3.99. The summed E-state index contributed by atoms with van der Waals surface area (Å²) in [6.45, 7) is 10.0. The number of tetrazole rings is 1. The third-order valence-electron chi connectivity index (χ3n) is 5.37. The van der Waals surface area contributed by atoms with E-state index in [1.54, 1.807) is 0 Å². The fourth-order valence-electron chi connectivity index (χ4n) is 3.92. The topological polar surface area (TPSA) is 50.1 Å². The van der Waals surface area contributed by atoms with Crippen molar-refractivity contribution in [2.75, 3.05) is 31.1 Å². The number of benzene rings is 2. The Bertz CT molecular complexity index is 941. The molecule has 0 aliphatic carbocycles. The molecule has 29 heavy (non-hydrogen) atoms. The zero-order valence-electron chi connectivity index (χ0n) is 17.2. The number of rotatable bonds is 4. The van der Waals surface area contributed by atoms with Gasteiger partial charge in [-0.15, -0.1) is 5.10 Å². The van der Waals surface area contributed by atoms with Gasteiger partial charge in [-0.3, -0.25) is 4.90 Å². The maximum atomic E-state index is 6.63. The summed E-state index contributed by atoms with van der Waals surface area (Å²) >= 11 is 6.63. The third kappa shape index (κ3) is 4.14. The van der Waals surface area contributed by atoms with Crippen LogP contribution in [0.2, 0.25) is 5.02 Å². The standard InChI is InChI=1S/C22H27ClN6/c1-22(2,3)29-21(24-25-26-29)20(18-11-7-8-12-19(18)23)28-15-13-27(14-16-28)17-9-5-4-6-10-17/h4-12,20H,13-16H2,1-3H3/t20-/m1/s1. The molecule has 6 nitrogen and oxygen atoms in total. The highest BCUT2D eigenvalue weighted by Crippen LogP contribution is 2.34. The molecule has 1 aliphatic heterocycles. The summed E-state index contributed by atoms with van der Waals surface area (Å²) in [4.78, 5) is 4.86. The van der Waals surface area contributed by atoms with Crippen molar-refractivity contribution in [1.29, 1.82) is 0 Å². The first kappa shape index (κ1) is 19.9. The second-order valence-corrected chi connectivity index (χ2v) is 8.81. The Balaban J connectivity index is 1.66.